The topological polar surface area (TPSA) is 67.9 Å². The highest BCUT2D eigenvalue weighted by molar-refractivity contribution is 9.10. The number of hydrogen-bond donors (Lipinski definition) is 1. The first-order valence-corrected chi connectivity index (χ1v) is 12.1. The third-order valence-corrected chi connectivity index (χ3v) is 6.87. The van der Waals surface area contributed by atoms with Crippen LogP contribution in [0.5, 0.6) is 5.75 Å². The summed E-state index contributed by atoms with van der Waals surface area (Å²) in [4.78, 5) is 27.0. The number of nitrogens with one attached hydrogen (secondary N) is 1. The standard InChI is InChI=1S/C23H21BrN2O4S2/c24-16-5-7-17(8-6-16)25-21(27)14-30-18-9-3-15(4-10-18)12-20-22(28)26(23(31)32-20)13-19-2-1-11-29-19/h3-10,12,19H,1-2,11,13-14H2,(H,25,27)/b20-12+. The van der Waals surface area contributed by atoms with Gasteiger partial charge in [-0.2, -0.15) is 0 Å². The zero-order chi connectivity index (χ0) is 22.5. The van der Waals surface area contributed by atoms with Crippen LogP contribution in [-0.4, -0.2) is 46.9 Å². The average molecular weight is 533 g/mol. The molecule has 0 aromatic heterocycles. The molecular weight excluding hydrogens is 512 g/mol. The number of nitrogens with zero attached hydrogens (tertiary/aromatic N) is 1. The van der Waals surface area contributed by atoms with Gasteiger partial charge in [-0.1, -0.05) is 52.0 Å². The molecular formula is C23H21BrN2O4S2. The lowest BCUT2D eigenvalue weighted by atomic mass is 10.2. The molecule has 1 atom stereocenters. The minimum atomic E-state index is -0.244. The van der Waals surface area contributed by atoms with E-state index in [9.17, 15) is 9.59 Å². The van der Waals surface area contributed by atoms with Crippen LogP contribution in [0.3, 0.4) is 0 Å². The number of amides is 2. The summed E-state index contributed by atoms with van der Waals surface area (Å²) in [5.74, 6) is 0.241. The Hall–Kier alpha value is -2.20. The molecule has 0 spiro atoms. The van der Waals surface area contributed by atoms with Gasteiger partial charge in [0.2, 0.25) is 0 Å². The zero-order valence-corrected chi connectivity index (χ0v) is 20.3. The molecule has 32 heavy (non-hydrogen) atoms. The van der Waals surface area contributed by atoms with Crippen molar-refractivity contribution < 1.29 is 19.1 Å². The van der Waals surface area contributed by atoms with Crippen LogP contribution in [0.2, 0.25) is 0 Å². The molecule has 6 nitrogen and oxygen atoms in total. The Labute approximate surface area is 204 Å². The smallest absolute Gasteiger partial charge is 0.266 e. The number of hydrogen-bond acceptors (Lipinski definition) is 6. The van der Waals surface area contributed by atoms with E-state index in [-0.39, 0.29) is 24.5 Å². The van der Waals surface area contributed by atoms with Gasteiger partial charge in [0.15, 0.2) is 6.61 Å². The third kappa shape index (κ3) is 5.98. The van der Waals surface area contributed by atoms with Crippen molar-refractivity contribution in [1.29, 1.82) is 0 Å². The summed E-state index contributed by atoms with van der Waals surface area (Å²) < 4.78 is 12.7. The van der Waals surface area contributed by atoms with Crippen LogP contribution in [0, 0.1) is 0 Å². The van der Waals surface area contributed by atoms with Crippen molar-refractivity contribution in [3.05, 3.63) is 63.5 Å². The first-order valence-electron chi connectivity index (χ1n) is 10.1. The van der Waals surface area contributed by atoms with Gasteiger partial charge < -0.3 is 14.8 Å². The molecule has 0 saturated carbocycles. The molecule has 2 aliphatic heterocycles. The van der Waals surface area contributed by atoms with Crippen LogP contribution in [-0.2, 0) is 14.3 Å². The van der Waals surface area contributed by atoms with E-state index in [0.29, 0.717) is 27.2 Å². The number of ether oxygens (including phenoxy) is 2. The summed E-state index contributed by atoms with van der Waals surface area (Å²) in [5, 5.41) is 2.78. The molecule has 2 aromatic carbocycles. The molecule has 166 valence electrons. The average Bonchev–Trinajstić information content (AvgIpc) is 3.39. The van der Waals surface area contributed by atoms with E-state index in [4.69, 9.17) is 21.7 Å². The van der Waals surface area contributed by atoms with Crippen LogP contribution in [0.1, 0.15) is 18.4 Å². The highest BCUT2D eigenvalue weighted by Crippen LogP contribution is 2.33. The number of thiocarbonyl (C=S) groups is 1. The Morgan fingerprint density at radius 2 is 2.00 bits per heavy atom. The fourth-order valence-corrected chi connectivity index (χ4v) is 4.88. The molecule has 2 aromatic rings. The largest absolute Gasteiger partial charge is 0.484 e. The molecule has 0 radical (unpaired) electrons. The summed E-state index contributed by atoms with van der Waals surface area (Å²) in [6, 6.07) is 14.5. The second kappa shape index (κ2) is 10.6. The second-order valence-electron chi connectivity index (χ2n) is 7.34. The number of thioether (sulfide) groups is 1. The Morgan fingerprint density at radius 1 is 1.25 bits per heavy atom. The van der Waals surface area contributed by atoms with Gasteiger partial charge in [0.25, 0.3) is 11.8 Å². The van der Waals surface area contributed by atoms with Gasteiger partial charge in [0, 0.05) is 16.8 Å². The minimum Gasteiger partial charge on any atom is -0.484 e. The van der Waals surface area contributed by atoms with Gasteiger partial charge in [-0.05, 0) is 60.9 Å². The molecule has 2 amide bonds. The Bertz CT molecular complexity index is 1030. The van der Waals surface area contributed by atoms with E-state index in [0.717, 1.165) is 29.5 Å². The summed E-state index contributed by atoms with van der Waals surface area (Å²) in [5.41, 5.74) is 1.56. The lowest BCUT2D eigenvalue weighted by Gasteiger charge is -2.18. The van der Waals surface area contributed by atoms with Crippen molar-refractivity contribution in [2.75, 3.05) is 25.1 Å². The van der Waals surface area contributed by atoms with Gasteiger partial charge in [-0.25, -0.2) is 0 Å². The summed E-state index contributed by atoms with van der Waals surface area (Å²) in [6.07, 6.45) is 3.86. The summed E-state index contributed by atoms with van der Waals surface area (Å²) in [6.45, 7) is 1.16. The molecule has 0 bridgehead atoms. The van der Waals surface area contributed by atoms with Gasteiger partial charge in [0.05, 0.1) is 17.6 Å². The van der Waals surface area contributed by atoms with Crippen molar-refractivity contribution in [2.45, 2.75) is 18.9 Å². The maximum atomic E-state index is 12.7. The lowest BCUT2D eigenvalue weighted by molar-refractivity contribution is -0.123. The number of carbonyl (C=O) groups excluding carboxylic acids is 2. The summed E-state index contributed by atoms with van der Waals surface area (Å²) in [7, 11) is 0. The van der Waals surface area contributed by atoms with Gasteiger partial charge in [-0.3, -0.25) is 14.5 Å². The van der Waals surface area contributed by atoms with E-state index in [1.54, 1.807) is 29.2 Å². The molecule has 2 saturated heterocycles. The molecule has 4 rings (SSSR count). The monoisotopic (exact) mass is 532 g/mol. The van der Waals surface area contributed by atoms with E-state index in [2.05, 4.69) is 21.2 Å². The number of rotatable bonds is 7. The van der Waals surface area contributed by atoms with E-state index < -0.39 is 0 Å². The third-order valence-electron chi connectivity index (χ3n) is 4.96. The van der Waals surface area contributed by atoms with Gasteiger partial charge >= 0.3 is 0 Å². The van der Waals surface area contributed by atoms with Crippen LogP contribution in [0.25, 0.3) is 6.08 Å². The predicted molar refractivity (Wildman–Crippen MR) is 134 cm³/mol. The number of carbonyl (C=O) groups is 2. The van der Waals surface area contributed by atoms with Crippen LogP contribution in [0.4, 0.5) is 5.69 Å². The maximum Gasteiger partial charge on any atom is 0.266 e. The van der Waals surface area contributed by atoms with Crippen molar-refractivity contribution in [3.63, 3.8) is 0 Å². The quantitative estimate of drug-likeness (QED) is 0.406. The number of benzene rings is 2. The molecule has 2 heterocycles. The predicted octanol–water partition coefficient (Wildman–Crippen LogP) is 4.85. The van der Waals surface area contributed by atoms with E-state index >= 15 is 0 Å². The molecule has 1 N–H and O–H groups in total. The minimum absolute atomic E-state index is 0.0641. The van der Waals surface area contributed by atoms with E-state index in [1.807, 2.05) is 30.3 Å². The van der Waals surface area contributed by atoms with Crippen molar-refractivity contribution in [1.82, 2.24) is 4.90 Å². The SMILES string of the molecule is O=C(COc1ccc(/C=C2/SC(=S)N(CC3CCCO3)C2=O)cc1)Nc1ccc(Br)cc1. The fourth-order valence-electron chi connectivity index (χ4n) is 3.34. The van der Waals surface area contributed by atoms with Crippen LogP contribution >= 0.6 is 39.9 Å². The highest BCUT2D eigenvalue weighted by Gasteiger charge is 2.34. The van der Waals surface area contributed by atoms with Crippen LogP contribution in [0.15, 0.2) is 57.9 Å². The normalized spacial score (nSPS) is 19.6. The van der Waals surface area contributed by atoms with Crippen LogP contribution < -0.4 is 10.1 Å². The molecule has 9 heteroatoms. The van der Waals surface area contributed by atoms with Gasteiger partial charge in [-0.15, -0.1) is 0 Å². The number of anilines is 1. The summed E-state index contributed by atoms with van der Waals surface area (Å²) >= 11 is 10.1. The zero-order valence-electron chi connectivity index (χ0n) is 17.1. The van der Waals surface area contributed by atoms with Gasteiger partial charge in [0.1, 0.15) is 10.1 Å². The molecule has 2 aliphatic rings. The Balaban J connectivity index is 1.30. The Morgan fingerprint density at radius 3 is 2.69 bits per heavy atom. The number of halogens is 1. The second-order valence-corrected chi connectivity index (χ2v) is 9.93. The fraction of sp³-hybridized carbons (Fsp3) is 0.261. The first-order chi connectivity index (χ1) is 15.5. The highest BCUT2D eigenvalue weighted by atomic mass is 79.9. The first kappa shape index (κ1) is 23.0. The van der Waals surface area contributed by atoms with Crippen molar-refractivity contribution in [2.24, 2.45) is 0 Å². The van der Waals surface area contributed by atoms with E-state index in [1.165, 1.54) is 11.8 Å². The molecule has 2 fully saturated rings. The Kier molecular flexibility index (Phi) is 7.62. The molecule has 1 unspecified atom stereocenters. The lowest BCUT2D eigenvalue weighted by Crippen LogP contribution is -2.35. The van der Waals surface area contributed by atoms with Crippen molar-refractivity contribution in [3.8, 4) is 5.75 Å². The molecule has 0 aliphatic carbocycles. The van der Waals surface area contributed by atoms with Crippen molar-refractivity contribution >= 4 is 67.8 Å². The maximum absolute atomic E-state index is 12.7.